The molecule has 1 rings (SSSR count). The van der Waals surface area contributed by atoms with Crippen molar-refractivity contribution in [3.8, 4) is 0 Å². The van der Waals surface area contributed by atoms with Crippen molar-refractivity contribution in [2.24, 2.45) is 11.1 Å². The molecule has 2 amide bonds. The molecular formula is C17H28ClN3O2. The molecule has 1 aromatic carbocycles. The van der Waals surface area contributed by atoms with Gasteiger partial charge in [-0.1, -0.05) is 26.8 Å². The second-order valence-corrected chi connectivity index (χ2v) is 6.80. The van der Waals surface area contributed by atoms with Crippen molar-refractivity contribution in [2.45, 2.75) is 53.5 Å². The fourth-order valence-corrected chi connectivity index (χ4v) is 1.73. The van der Waals surface area contributed by atoms with Crippen LogP contribution in [0, 0.1) is 12.3 Å². The van der Waals surface area contributed by atoms with Gasteiger partial charge >= 0.3 is 0 Å². The van der Waals surface area contributed by atoms with Crippen molar-refractivity contribution in [3.63, 3.8) is 0 Å². The average Bonchev–Trinajstić information content (AvgIpc) is 2.39. The Morgan fingerprint density at radius 1 is 1.22 bits per heavy atom. The summed E-state index contributed by atoms with van der Waals surface area (Å²) >= 11 is 0. The zero-order valence-electron chi connectivity index (χ0n) is 14.5. The summed E-state index contributed by atoms with van der Waals surface area (Å²) in [6.45, 7) is 9.37. The lowest BCUT2D eigenvalue weighted by molar-refractivity contribution is -0.123. The Hall–Kier alpha value is -1.59. The number of hydrogen-bond donors (Lipinski definition) is 3. The maximum Gasteiger partial charge on any atom is 0.229 e. The average molecular weight is 342 g/mol. The molecule has 5 nitrogen and oxygen atoms in total. The lowest BCUT2D eigenvalue weighted by atomic mass is 9.95. The minimum Gasteiger partial charge on any atom is -0.328 e. The molecule has 0 spiro atoms. The Kier molecular flexibility index (Phi) is 8.28. The van der Waals surface area contributed by atoms with E-state index in [9.17, 15) is 9.59 Å². The number of benzene rings is 1. The number of hydrogen-bond acceptors (Lipinski definition) is 3. The van der Waals surface area contributed by atoms with E-state index >= 15 is 0 Å². The molecule has 1 aromatic rings. The molecule has 0 bridgehead atoms. The largest absolute Gasteiger partial charge is 0.328 e. The molecule has 0 heterocycles. The van der Waals surface area contributed by atoms with E-state index in [4.69, 9.17) is 5.73 Å². The van der Waals surface area contributed by atoms with E-state index in [-0.39, 0.29) is 30.3 Å². The van der Waals surface area contributed by atoms with Crippen molar-refractivity contribution in [2.75, 3.05) is 10.6 Å². The topological polar surface area (TPSA) is 84.2 Å². The highest BCUT2D eigenvalue weighted by atomic mass is 35.5. The summed E-state index contributed by atoms with van der Waals surface area (Å²) in [6, 6.07) is 5.49. The van der Waals surface area contributed by atoms with Crippen LogP contribution in [-0.2, 0) is 9.59 Å². The van der Waals surface area contributed by atoms with Gasteiger partial charge in [0.1, 0.15) is 0 Å². The molecule has 6 heteroatoms. The van der Waals surface area contributed by atoms with Crippen LogP contribution >= 0.6 is 12.4 Å². The summed E-state index contributed by atoms with van der Waals surface area (Å²) in [5, 5.41) is 5.73. The third-order valence-electron chi connectivity index (χ3n) is 3.28. The highest BCUT2D eigenvalue weighted by Gasteiger charge is 2.21. The predicted molar refractivity (Wildman–Crippen MR) is 98.0 cm³/mol. The quantitative estimate of drug-likeness (QED) is 0.766. The standard InChI is InChI=1S/C17H27N3O2.ClH/c1-11-6-8-13(19-15(21)9-7-12(2)18)10-14(11)20-16(22)17(3,4)5;/h6,8,10,12H,7,9,18H2,1-5H3,(H,19,21)(H,20,22);1H. The summed E-state index contributed by atoms with van der Waals surface area (Å²) < 4.78 is 0. The van der Waals surface area contributed by atoms with Crippen molar-refractivity contribution < 1.29 is 9.59 Å². The number of carbonyl (C=O) groups excluding carboxylic acids is 2. The molecular weight excluding hydrogens is 314 g/mol. The van der Waals surface area contributed by atoms with E-state index in [2.05, 4.69) is 10.6 Å². The first-order valence-electron chi connectivity index (χ1n) is 7.57. The Morgan fingerprint density at radius 2 is 1.83 bits per heavy atom. The first kappa shape index (κ1) is 21.4. The maximum absolute atomic E-state index is 12.1. The van der Waals surface area contributed by atoms with Gasteiger partial charge in [0.05, 0.1) is 0 Å². The van der Waals surface area contributed by atoms with Crippen LogP contribution in [0.1, 0.15) is 46.1 Å². The predicted octanol–water partition coefficient (Wildman–Crippen LogP) is 3.47. The van der Waals surface area contributed by atoms with Crippen molar-refractivity contribution in [1.29, 1.82) is 0 Å². The highest BCUT2D eigenvalue weighted by Crippen LogP contribution is 2.23. The molecule has 0 fully saturated rings. The Bertz CT molecular complexity index is 551. The van der Waals surface area contributed by atoms with E-state index in [0.717, 1.165) is 5.56 Å². The molecule has 0 aromatic heterocycles. The number of nitrogens with two attached hydrogens (primary N) is 1. The molecule has 1 atom stereocenters. The van der Waals surface area contributed by atoms with Crippen LogP contribution in [0.25, 0.3) is 0 Å². The van der Waals surface area contributed by atoms with Crippen LogP contribution < -0.4 is 16.4 Å². The van der Waals surface area contributed by atoms with Gasteiger partial charge in [0.2, 0.25) is 11.8 Å². The Morgan fingerprint density at radius 3 is 2.35 bits per heavy atom. The van der Waals surface area contributed by atoms with Gasteiger partial charge in [-0.25, -0.2) is 0 Å². The molecule has 23 heavy (non-hydrogen) atoms. The second-order valence-electron chi connectivity index (χ2n) is 6.80. The number of aryl methyl sites for hydroxylation is 1. The third-order valence-corrected chi connectivity index (χ3v) is 3.28. The number of nitrogens with one attached hydrogen (secondary N) is 2. The molecule has 0 aliphatic carbocycles. The van der Waals surface area contributed by atoms with Crippen molar-refractivity contribution >= 4 is 35.6 Å². The van der Waals surface area contributed by atoms with Gasteiger partial charge in [0, 0.05) is 29.3 Å². The van der Waals surface area contributed by atoms with E-state index in [1.807, 2.05) is 46.8 Å². The minimum absolute atomic E-state index is 0. The molecule has 0 radical (unpaired) electrons. The second kappa shape index (κ2) is 8.89. The molecule has 0 aliphatic rings. The fourth-order valence-electron chi connectivity index (χ4n) is 1.73. The maximum atomic E-state index is 12.1. The van der Waals surface area contributed by atoms with E-state index in [1.165, 1.54) is 0 Å². The number of amides is 2. The van der Waals surface area contributed by atoms with Crippen molar-refractivity contribution in [3.05, 3.63) is 23.8 Å². The molecule has 130 valence electrons. The lowest BCUT2D eigenvalue weighted by Crippen LogP contribution is -2.28. The van der Waals surface area contributed by atoms with Gasteiger partial charge in [-0.05, 0) is 38.0 Å². The first-order valence-corrected chi connectivity index (χ1v) is 7.57. The normalized spacial score (nSPS) is 12.1. The van der Waals surface area contributed by atoms with Crippen LogP contribution in [0.4, 0.5) is 11.4 Å². The van der Waals surface area contributed by atoms with Crippen LogP contribution in [0.15, 0.2) is 18.2 Å². The van der Waals surface area contributed by atoms with Gasteiger partial charge in [0.25, 0.3) is 0 Å². The van der Waals surface area contributed by atoms with Crippen LogP contribution in [-0.4, -0.2) is 17.9 Å². The molecule has 0 aliphatic heterocycles. The number of carbonyl (C=O) groups is 2. The smallest absolute Gasteiger partial charge is 0.229 e. The van der Waals surface area contributed by atoms with Gasteiger partial charge in [0.15, 0.2) is 0 Å². The van der Waals surface area contributed by atoms with E-state index in [0.29, 0.717) is 24.2 Å². The monoisotopic (exact) mass is 341 g/mol. The third kappa shape index (κ3) is 7.48. The molecule has 0 saturated heterocycles. The van der Waals surface area contributed by atoms with Crippen LogP contribution in [0.2, 0.25) is 0 Å². The number of halogens is 1. The van der Waals surface area contributed by atoms with Gasteiger partial charge < -0.3 is 16.4 Å². The van der Waals surface area contributed by atoms with Gasteiger partial charge in [-0.3, -0.25) is 9.59 Å². The molecule has 0 saturated carbocycles. The van der Waals surface area contributed by atoms with Gasteiger partial charge in [-0.2, -0.15) is 0 Å². The van der Waals surface area contributed by atoms with Crippen LogP contribution in [0.5, 0.6) is 0 Å². The minimum atomic E-state index is -0.469. The zero-order valence-corrected chi connectivity index (χ0v) is 15.3. The van der Waals surface area contributed by atoms with Gasteiger partial charge in [-0.15, -0.1) is 12.4 Å². The zero-order chi connectivity index (χ0) is 16.9. The van der Waals surface area contributed by atoms with Crippen molar-refractivity contribution in [1.82, 2.24) is 0 Å². The summed E-state index contributed by atoms with van der Waals surface area (Å²) in [4.78, 5) is 23.9. The molecule has 4 N–H and O–H groups in total. The fraction of sp³-hybridized carbons (Fsp3) is 0.529. The van der Waals surface area contributed by atoms with E-state index < -0.39 is 5.41 Å². The number of anilines is 2. The highest BCUT2D eigenvalue weighted by molar-refractivity contribution is 5.97. The first-order chi connectivity index (χ1) is 10.1. The summed E-state index contributed by atoms with van der Waals surface area (Å²) in [7, 11) is 0. The summed E-state index contributed by atoms with van der Waals surface area (Å²) in [5.74, 6) is -0.134. The lowest BCUT2D eigenvalue weighted by Gasteiger charge is -2.19. The number of rotatable bonds is 5. The Labute approximate surface area is 144 Å². The van der Waals surface area contributed by atoms with E-state index in [1.54, 1.807) is 6.07 Å². The summed E-state index contributed by atoms with van der Waals surface area (Å²) in [5.41, 5.74) is 7.51. The Balaban J connectivity index is 0.00000484. The summed E-state index contributed by atoms with van der Waals surface area (Å²) in [6.07, 6.45) is 1.03. The molecule has 1 unspecified atom stereocenters. The SMILES string of the molecule is Cc1ccc(NC(=O)CCC(C)N)cc1NC(=O)C(C)(C)C.Cl. The van der Waals surface area contributed by atoms with Crippen LogP contribution in [0.3, 0.4) is 0 Å².